The number of nitrogens with zero attached hydrogens (tertiary/aromatic N) is 2. The molecule has 10 nitrogen and oxygen atoms in total. The summed E-state index contributed by atoms with van der Waals surface area (Å²) >= 11 is 0. The van der Waals surface area contributed by atoms with Gasteiger partial charge < -0.3 is 28.6 Å². The molecule has 1 fully saturated rings. The lowest BCUT2D eigenvalue weighted by molar-refractivity contribution is -0.458. The van der Waals surface area contributed by atoms with Crippen molar-refractivity contribution >= 4 is 15.9 Å². The lowest BCUT2D eigenvalue weighted by Crippen LogP contribution is -2.75. The fraction of sp³-hybridized carbons (Fsp3) is 0.957. The minimum absolute atomic E-state index is 0.0853. The zero-order chi connectivity index (χ0) is 40.0. The number of sulfonamides is 1. The molecule has 0 atom stereocenters. The second-order valence-corrected chi connectivity index (χ2v) is 12.1. The van der Waals surface area contributed by atoms with Crippen LogP contribution in [0.2, 0.25) is 0 Å². The van der Waals surface area contributed by atoms with Crippen LogP contribution in [0.1, 0.15) is 0 Å². The van der Waals surface area contributed by atoms with Gasteiger partial charge in [0.2, 0.25) is 5.91 Å². The van der Waals surface area contributed by atoms with Crippen molar-refractivity contribution in [3.63, 3.8) is 0 Å². The van der Waals surface area contributed by atoms with E-state index >= 15 is 0 Å². The molecular formula is C23H29F17N2O8S. The molecule has 0 bridgehead atoms. The lowest BCUT2D eigenvalue weighted by Gasteiger charge is -2.43. The number of methoxy groups -OCH3 is 1. The highest BCUT2D eigenvalue weighted by molar-refractivity contribution is 7.90. The fourth-order valence-electron chi connectivity index (χ4n) is 3.70. The molecule has 51 heavy (non-hydrogen) atoms. The maximum Gasteiger partial charge on any atom is 0.460 e. The maximum absolute atomic E-state index is 14.5. The van der Waals surface area contributed by atoms with E-state index in [-0.39, 0.29) is 39.6 Å². The van der Waals surface area contributed by atoms with E-state index in [2.05, 4.69) is 0 Å². The van der Waals surface area contributed by atoms with E-state index in [0.29, 0.717) is 18.1 Å². The van der Waals surface area contributed by atoms with Crippen molar-refractivity contribution in [1.82, 2.24) is 9.21 Å². The first-order chi connectivity index (χ1) is 22.9. The molecular weight excluding hydrogens is 787 g/mol. The van der Waals surface area contributed by atoms with Gasteiger partial charge in [0, 0.05) is 33.3 Å². The van der Waals surface area contributed by atoms with Gasteiger partial charge in [-0.2, -0.15) is 78.9 Å². The minimum Gasteiger partial charge on any atom is -0.382 e. The van der Waals surface area contributed by atoms with Gasteiger partial charge >= 0.3 is 47.0 Å². The molecule has 304 valence electrons. The van der Waals surface area contributed by atoms with Gasteiger partial charge in [-0.15, -0.1) is 0 Å². The largest absolute Gasteiger partial charge is 0.460 e. The smallest absolute Gasteiger partial charge is 0.382 e. The van der Waals surface area contributed by atoms with E-state index in [4.69, 9.17) is 23.7 Å². The zero-order valence-electron chi connectivity index (χ0n) is 25.7. The van der Waals surface area contributed by atoms with Crippen molar-refractivity contribution in [1.29, 1.82) is 0 Å². The molecule has 1 saturated heterocycles. The van der Waals surface area contributed by atoms with Crippen LogP contribution in [0.15, 0.2) is 0 Å². The SMILES string of the molecule is COCCOCCOCCOCCOCC(=O)N1CCN(S(=O)(=O)C(F)(F)C(F)(F)C(F)(F)C(F)(F)C(F)(F)C(F)(F)C(F)(F)C(F)(F)F)CC1. The van der Waals surface area contributed by atoms with Crippen molar-refractivity contribution in [2.75, 3.05) is 92.8 Å². The molecule has 1 aliphatic heterocycles. The Morgan fingerprint density at radius 2 is 0.843 bits per heavy atom. The van der Waals surface area contributed by atoms with Crippen LogP contribution < -0.4 is 0 Å². The lowest BCUT2D eigenvalue weighted by atomic mass is 9.91. The van der Waals surface area contributed by atoms with Gasteiger partial charge in [0.1, 0.15) is 6.61 Å². The third-order valence-electron chi connectivity index (χ3n) is 6.72. The summed E-state index contributed by atoms with van der Waals surface area (Å²) in [6, 6.07) is 0. The van der Waals surface area contributed by atoms with Crippen LogP contribution in [0, 0.1) is 0 Å². The van der Waals surface area contributed by atoms with E-state index < -0.39 is 100.0 Å². The van der Waals surface area contributed by atoms with Gasteiger partial charge in [-0.05, 0) is 0 Å². The highest BCUT2D eigenvalue weighted by Gasteiger charge is 2.96. The first kappa shape index (κ1) is 47.0. The Hall–Kier alpha value is -2.01. The minimum atomic E-state index is -8.91. The predicted octanol–water partition coefficient (Wildman–Crippen LogP) is 4.14. The summed E-state index contributed by atoms with van der Waals surface area (Å²) in [5.74, 6) is -53.0. The van der Waals surface area contributed by atoms with Gasteiger partial charge in [0.15, 0.2) is 0 Å². The van der Waals surface area contributed by atoms with Gasteiger partial charge in [-0.1, -0.05) is 0 Å². The van der Waals surface area contributed by atoms with Crippen molar-refractivity contribution in [2.45, 2.75) is 47.0 Å². The normalized spacial score (nSPS) is 16.9. The number of carbonyl (C=O) groups is 1. The third kappa shape index (κ3) is 9.21. The first-order valence-corrected chi connectivity index (χ1v) is 15.2. The van der Waals surface area contributed by atoms with E-state index in [0.717, 1.165) is 0 Å². The Balaban J connectivity index is 2.86. The second kappa shape index (κ2) is 17.0. The van der Waals surface area contributed by atoms with Gasteiger partial charge in [-0.3, -0.25) is 4.79 Å². The van der Waals surface area contributed by atoms with Gasteiger partial charge in [-0.25, -0.2) is 8.42 Å². The first-order valence-electron chi connectivity index (χ1n) is 13.7. The summed E-state index contributed by atoms with van der Waals surface area (Å²) < 4.78 is 279. The molecule has 0 aromatic heterocycles. The Kier molecular flexibility index (Phi) is 15.7. The van der Waals surface area contributed by atoms with Gasteiger partial charge in [0.25, 0.3) is 10.0 Å². The molecule has 0 radical (unpaired) electrons. The number of alkyl halides is 17. The molecule has 1 aliphatic rings. The molecule has 0 aromatic carbocycles. The van der Waals surface area contributed by atoms with Crippen molar-refractivity contribution < 1.29 is 112 Å². The number of hydrogen-bond acceptors (Lipinski definition) is 8. The molecule has 1 amide bonds. The predicted molar refractivity (Wildman–Crippen MR) is 133 cm³/mol. The summed E-state index contributed by atoms with van der Waals surface area (Å²) in [6.45, 7) is -4.51. The second-order valence-electron chi connectivity index (χ2n) is 10.1. The Morgan fingerprint density at radius 3 is 1.22 bits per heavy atom. The number of amides is 1. The monoisotopic (exact) mass is 816 g/mol. The van der Waals surface area contributed by atoms with Crippen molar-refractivity contribution in [3.8, 4) is 0 Å². The highest BCUT2D eigenvalue weighted by Crippen LogP contribution is 2.64. The summed E-state index contributed by atoms with van der Waals surface area (Å²) in [7, 11) is -5.93. The Morgan fingerprint density at radius 1 is 0.510 bits per heavy atom. The Bertz CT molecular complexity index is 1230. The number of piperazine rings is 1. The molecule has 1 rings (SSSR count). The molecule has 0 N–H and O–H groups in total. The molecule has 0 aliphatic carbocycles. The maximum atomic E-state index is 14.5. The van der Waals surface area contributed by atoms with Crippen LogP contribution in [-0.4, -0.2) is 163 Å². The van der Waals surface area contributed by atoms with Crippen molar-refractivity contribution in [2.24, 2.45) is 0 Å². The summed E-state index contributed by atoms with van der Waals surface area (Å²) in [5.41, 5.74) is 0. The van der Waals surface area contributed by atoms with Crippen molar-refractivity contribution in [3.05, 3.63) is 0 Å². The van der Waals surface area contributed by atoms with Crippen LogP contribution in [0.3, 0.4) is 0 Å². The number of halogens is 17. The number of carbonyl (C=O) groups excluding carboxylic acids is 1. The quantitative estimate of drug-likeness (QED) is 0.119. The average Bonchev–Trinajstić information content (AvgIpc) is 3.01. The molecule has 0 unspecified atom stereocenters. The molecule has 0 aromatic rings. The van der Waals surface area contributed by atoms with Gasteiger partial charge in [0.05, 0.1) is 52.9 Å². The van der Waals surface area contributed by atoms with Crippen LogP contribution in [0.25, 0.3) is 0 Å². The van der Waals surface area contributed by atoms with E-state index in [1.54, 1.807) is 0 Å². The number of rotatable bonds is 22. The zero-order valence-corrected chi connectivity index (χ0v) is 26.5. The summed E-state index contributed by atoms with van der Waals surface area (Å²) in [4.78, 5) is 12.9. The van der Waals surface area contributed by atoms with Crippen LogP contribution in [0.4, 0.5) is 74.6 Å². The van der Waals surface area contributed by atoms with Crippen LogP contribution >= 0.6 is 0 Å². The standard InChI is InChI=1S/C23H29F17N2O8S/c1-46-6-7-47-8-9-48-10-11-49-12-13-50-14-15(43)41-2-4-42(5-3-41)51(44,45)23(39,40)21(34,35)19(30,31)17(26,27)16(24,25)18(28,29)20(32,33)22(36,37)38/h2-14H2,1H3. The third-order valence-corrected chi connectivity index (χ3v) is 8.67. The Labute approximate surface area is 277 Å². The molecule has 28 heteroatoms. The van der Waals surface area contributed by atoms with Crippen LogP contribution in [0.5, 0.6) is 0 Å². The fourth-order valence-corrected chi connectivity index (χ4v) is 5.12. The average molecular weight is 817 g/mol. The van der Waals surface area contributed by atoms with Crippen LogP contribution in [-0.2, 0) is 38.5 Å². The molecule has 1 heterocycles. The molecule has 0 spiro atoms. The highest BCUT2D eigenvalue weighted by atomic mass is 32.2. The summed E-state index contributed by atoms with van der Waals surface area (Å²) in [5, 5.41) is -7.65. The topological polar surface area (TPSA) is 104 Å². The molecule has 0 saturated carbocycles. The number of ether oxygens (including phenoxy) is 5. The van der Waals surface area contributed by atoms with E-state index in [9.17, 15) is 87.8 Å². The summed E-state index contributed by atoms with van der Waals surface area (Å²) in [6.07, 6.45) is -7.92. The number of hydrogen-bond donors (Lipinski definition) is 0. The van der Waals surface area contributed by atoms with E-state index in [1.165, 1.54) is 7.11 Å². The van der Waals surface area contributed by atoms with E-state index in [1.807, 2.05) is 0 Å².